The largest absolute Gasteiger partial charge is 0.465 e. The van der Waals surface area contributed by atoms with E-state index < -0.39 is 12.1 Å². The lowest BCUT2D eigenvalue weighted by Crippen LogP contribution is -2.24. The number of amides is 1. The second kappa shape index (κ2) is 9.15. The molecule has 0 saturated heterocycles. The van der Waals surface area contributed by atoms with Crippen LogP contribution in [0.5, 0.6) is 0 Å². The molecule has 0 saturated carbocycles. The molecule has 2 rings (SSSR count). The van der Waals surface area contributed by atoms with Crippen molar-refractivity contribution < 1.29 is 19.1 Å². The van der Waals surface area contributed by atoms with Gasteiger partial charge in [-0.3, -0.25) is 0 Å². The lowest BCUT2D eigenvalue weighted by Gasteiger charge is -2.06. The van der Waals surface area contributed by atoms with Gasteiger partial charge in [0.1, 0.15) is 6.61 Å². The Morgan fingerprint density at radius 1 is 1.04 bits per heavy atom. The van der Waals surface area contributed by atoms with Crippen molar-refractivity contribution in [2.75, 3.05) is 13.7 Å². The van der Waals surface area contributed by atoms with Gasteiger partial charge in [-0.25, -0.2) is 9.59 Å². The van der Waals surface area contributed by atoms with E-state index in [9.17, 15) is 9.59 Å². The maximum Gasteiger partial charge on any atom is 0.407 e. The van der Waals surface area contributed by atoms with E-state index in [1.807, 2.05) is 36.4 Å². The number of nitrogens with one attached hydrogen (secondary N) is 1. The molecule has 124 valence electrons. The summed E-state index contributed by atoms with van der Waals surface area (Å²) in [5, 5.41) is 2.62. The summed E-state index contributed by atoms with van der Waals surface area (Å²) < 4.78 is 9.83. The van der Waals surface area contributed by atoms with Crippen molar-refractivity contribution in [3.8, 4) is 0 Å². The van der Waals surface area contributed by atoms with Gasteiger partial charge < -0.3 is 14.8 Å². The number of hydrogen-bond acceptors (Lipinski definition) is 4. The second-order valence-electron chi connectivity index (χ2n) is 4.92. The van der Waals surface area contributed by atoms with Gasteiger partial charge in [0.2, 0.25) is 0 Å². The highest BCUT2D eigenvalue weighted by molar-refractivity contribution is 5.93. The Morgan fingerprint density at radius 2 is 1.75 bits per heavy atom. The second-order valence-corrected chi connectivity index (χ2v) is 4.92. The van der Waals surface area contributed by atoms with Crippen LogP contribution in [0, 0.1) is 0 Å². The van der Waals surface area contributed by atoms with Crippen LogP contribution in [0.4, 0.5) is 4.79 Å². The predicted molar refractivity (Wildman–Crippen MR) is 91.4 cm³/mol. The van der Waals surface area contributed by atoms with E-state index in [2.05, 4.69) is 5.32 Å². The Kier molecular flexibility index (Phi) is 6.58. The molecule has 0 unspecified atom stereocenters. The van der Waals surface area contributed by atoms with Crippen molar-refractivity contribution >= 4 is 18.1 Å². The minimum atomic E-state index is -0.496. The highest BCUT2D eigenvalue weighted by Crippen LogP contribution is 2.11. The molecule has 1 N–H and O–H groups in total. The summed E-state index contributed by atoms with van der Waals surface area (Å²) >= 11 is 0. The van der Waals surface area contributed by atoms with Gasteiger partial charge in [0.15, 0.2) is 0 Å². The zero-order chi connectivity index (χ0) is 17.2. The van der Waals surface area contributed by atoms with Gasteiger partial charge >= 0.3 is 12.1 Å². The normalized spacial score (nSPS) is 10.4. The third-order valence-corrected chi connectivity index (χ3v) is 3.24. The number of ether oxygens (including phenoxy) is 2. The van der Waals surface area contributed by atoms with E-state index in [0.717, 1.165) is 11.1 Å². The summed E-state index contributed by atoms with van der Waals surface area (Å²) in [5.74, 6) is -0.398. The topological polar surface area (TPSA) is 64.6 Å². The Labute approximate surface area is 140 Å². The van der Waals surface area contributed by atoms with Gasteiger partial charge in [0, 0.05) is 6.54 Å². The van der Waals surface area contributed by atoms with E-state index in [1.165, 1.54) is 7.11 Å². The van der Waals surface area contributed by atoms with Crippen LogP contribution >= 0.6 is 0 Å². The molecule has 0 bridgehead atoms. The van der Waals surface area contributed by atoms with Crippen molar-refractivity contribution in [1.29, 1.82) is 0 Å². The summed E-state index contributed by atoms with van der Waals surface area (Å²) in [5.41, 5.74) is 2.13. The van der Waals surface area contributed by atoms with Crippen LogP contribution in [0.3, 0.4) is 0 Å². The first kappa shape index (κ1) is 17.3. The average molecular weight is 325 g/mol. The molecule has 5 nitrogen and oxygen atoms in total. The van der Waals surface area contributed by atoms with Crippen LogP contribution in [0.15, 0.2) is 60.7 Å². The fraction of sp³-hybridized carbons (Fsp3) is 0.158. The number of methoxy groups -OCH3 is 1. The third kappa shape index (κ3) is 5.28. The number of alkyl carbamates (subject to hydrolysis) is 1. The van der Waals surface area contributed by atoms with Crippen molar-refractivity contribution in [3.63, 3.8) is 0 Å². The maximum absolute atomic E-state index is 11.6. The van der Waals surface area contributed by atoms with Crippen molar-refractivity contribution in [1.82, 2.24) is 5.32 Å². The first-order valence-corrected chi connectivity index (χ1v) is 7.49. The molecule has 0 aliphatic rings. The van der Waals surface area contributed by atoms with Gasteiger partial charge in [-0.15, -0.1) is 0 Å². The molecule has 0 fully saturated rings. The van der Waals surface area contributed by atoms with E-state index in [1.54, 1.807) is 30.4 Å². The van der Waals surface area contributed by atoms with Crippen molar-refractivity contribution in [2.24, 2.45) is 0 Å². The average Bonchev–Trinajstić information content (AvgIpc) is 2.64. The number of benzene rings is 2. The quantitative estimate of drug-likeness (QED) is 0.827. The van der Waals surface area contributed by atoms with Gasteiger partial charge in [-0.1, -0.05) is 60.7 Å². The van der Waals surface area contributed by atoms with Gasteiger partial charge in [-0.2, -0.15) is 0 Å². The Bertz CT molecular complexity index is 710. The molecule has 1 amide bonds. The summed E-state index contributed by atoms with van der Waals surface area (Å²) in [4.78, 5) is 23.3. The molecule has 5 heteroatoms. The van der Waals surface area contributed by atoms with Crippen LogP contribution in [0.1, 0.15) is 21.5 Å². The molecule has 0 atom stereocenters. The van der Waals surface area contributed by atoms with Crippen molar-refractivity contribution in [3.05, 3.63) is 77.4 Å². The number of esters is 1. The van der Waals surface area contributed by atoms with E-state index in [4.69, 9.17) is 9.47 Å². The Balaban J connectivity index is 1.80. The number of carbonyl (C=O) groups is 2. The first-order chi connectivity index (χ1) is 11.7. The lowest BCUT2D eigenvalue weighted by molar-refractivity contribution is 0.0600. The molecule has 24 heavy (non-hydrogen) atoms. The Hall–Kier alpha value is -3.08. The molecule has 0 aromatic heterocycles. The molecule has 0 radical (unpaired) electrons. The molecule has 2 aromatic carbocycles. The SMILES string of the molecule is COC(=O)c1ccccc1C=CCNC(=O)OCc1ccccc1. The molecular formula is C19H19NO4. The van der Waals surface area contributed by atoms with Crippen LogP contribution < -0.4 is 5.32 Å². The van der Waals surface area contributed by atoms with Gasteiger partial charge in [-0.05, 0) is 17.2 Å². The first-order valence-electron chi connectivity index (χ1n) is 7.49. The fourth-order valence-corrected chi connectivity index (χ4v) is 2.04. The molecular weight excluding hydrogens is 306 g/mol. The standard InChI is InChI=1S/C19H19NO4/c1-23-18(21)17-12-6-5-10-16(17)11-7-13-20-19(22)24-14-15-8-3-2-4-9-15/h2-12H,13-14H2,1H3,(H,20,22). The molecule has 0 aliphatic heterocycles. The zero-order valence-electron chi connectivity index (χ0n) is 13.4. The van der Waals surface area contributed by atoms with Crippen molar-refractivity contribution in [2.45, 2.75) is 6.61 Å². The zero-order valence-corrected chi connectivity index (χ0v) is 13.4. The highest BCUT2D eigenvalue weighted by Gasteiger charge is 2.08. The summed E-state index contributed by atoms with van der Waals surface area (Å²) in [6.07, 6.45) is 3.00. The molecule has 0 aliphatic carbocycles. The Morgan fingerprint density at radius 3 is 2.50 bits per heavy atom. The molecule has 0 spiro atoms. The monoisotopic (exact) mass is 325 g/mol. The van der Waals surface area contributed by atoms with Gasteiger partial charge in [0.25, 0.3) is 0 Å². The predicted octanol–water partition coefficient (Wildman–Crippen LogP) is 3.41. The number of hydrogen-bond donors (Lipinski definition) is 1. The van der Waals surface area contributed by atoms with Crippen LogP contribution in [0.2, 0.25) is 0 Å². The van der Waals surface area contributed by atoms with Crippen LogP contribution in [0.25, 0.3) is 6.08 Å². The van der Waals surface area contributed by atoms with E-state index in [-0.39, 0.29) is 6.61 Å². The third-order valence-electron chi connectivity index (χ3n) is 3.24. The van der Waals surface area contributed by atoms with E-state index >= 15 is 0 Å². The number of rotatable bonds is 6. The van der Waals surface area contributed by atoms with E-state index in [0.29, 0.717) is 12.1 Å². The summed E-state index contributed by atoms with van der Waals surface area (Å²) in [6.45, 7) is 0.519. The lowest BCUT2D eigenvalue weighted by atomic mass is 10.1. The fourth-order valence-electron chi connectivity index (χ4n) is 2.04. The molecule has 2 aromatic rings. The smallest absolute Gasteiger partial charge is 0.407 e. The van der Waals surface area contributed by atoms with Gasteiger partial charge in [0.05, 0.1) is 12.7 Å². The van der Waals surface area contributed by atoms with Crippen LogP contribution in [-0.2, 0) is 16.1 Å². The highest BCUT2D eigenvalue weighted by atomic mass is 16.5. The minimum Gasteiger partial charge on any atom is -0.465 e. The summed E-state index contributed by atoms with van der Waals surface area (Å²) in [7, 11) is 1.34. The number of carbonyl (C=O) groups excluding carboxylic acids is 2. The maximum atomic E-state index is 11.6. The molecule has 0 heterocycles. The van der Waals surface area contributed by atoms with Crippen LogP contribution in [-0.4, -0.2) is 25.7 Å². The summed E-state index contributed by atoms with van der Waals surface area (Å²) in [6, 6.07) is 16.5. The minimum absolute atomic E-state index is 0.224.